The number of carbonyl (C=O) groups excluding carboxylic acids is 1. The lowest BCUT2D eigenvalue weighted by atomic mass is 9.95. The molecule has 160 valence electrons. The molecule has 1 amide bonds. The van der Waals surface area contributed by atoms with E-state index in [1.54, 1.807) is 11.8 Å². The minimum Gasteiger partial charge on any atom is -0.355 e. The van der Waals surface area contributed by atoms with E-state index in [0.717, 1.165) is 41.7 Å². The van der Waals surface area contributed by atoms with Crippen LogP contribution >= 0.6 is 11.8 Å². The molecule has 1 aliphatic heterocycles. The van der Waals surface area contributed by atoms with Crippen LogP contribution in [0.5, 0.6) is 0 Å². The lowest BCUT2D eigenvalue weighted by Gasteiger charge is -2.32. The smallest absolute Gasteiger partial charge is 0.223 e. The predicted octanol–water partition coefficient (Wildman–Crippen LogP) is 4.76. The van der Waals surface area contributed by atoms with Crippen molar-refractivity contribution in [2.75, 3.05) is 24.5 Å². The molecule has 1 saturated heterocycles. The topological polar surface area (TPSA) is 58.1 Å². The normalized spacial score (nSPS) is 15.5. The Morgan fingerprint density at radius 3 is 2.32 bits per heavy atom. The van der Waals surface area contributed by atoms with Crippen LogP contribution in [0.15, 0.2) is 82.7 Å². The number of hydrogen-bond donors (Lipinski definition) is 1. The van der Waals surface area contributed by atoms with E-state index < -0.39 is 0 Å². The second-order valence-electron chi connectivity index (χ2n) is 7.96. The summed E-state index contributed by atoms with van der Waals surface area (Å²) in [6.07, 6.45) is 1.68. The molecule has 1 aromatic heterocycles. The molecule has 1 fully saturated rings. The lowest BCUT2D eigenvalue weighted by Crippen LogP contribution is -2.41. The Labute approximate surface area is 188 Å². The third-order valence-electron chi connectivity index (χ3n) is 5.73. The highest BCUT2D eigenvalue weighted by Gasteiger charge is 2.26. The Morgan fingerprint density at radius 1 is 1.00 bits per heavy atom. The van der Waals surface area contributed by atoms with Gasteiger partial charge < -0.3 is 10.2 Å². The number of benzene rings is 2. The minimum absolute atomic E-state index is 0.0695. The predicted molar refractivity (Wildman–Crippen MR) is 125 cm³/mol. The van der Waals surface area contributed by atoms with Crippen molar-refractivity contribution in [1.82, 2.24) is 15.5 Å². The fourth-order valence-corrected chi connectivity index (χ4v) is 4.57. The molecule has 1 N–H and O–H groups in total. The van der Waals surface area contributed by atoms with Crippen molar-refractivity contribution < 1.29 is 4.79 Å². The maximum Gasteiger partial charge on any atom is 0.223 e. The molecule has 0 spiro atoms. The number of nitrogens with one attached hydrogen (secondary N) is 1. The average molecular weight is 433 g/mol. The molecule has 2 aromatic carbocycles. The van der Waals surface area contributed by atoms with E-state index in [1.807, 2.05) is 48.5 Å². The van der Waals surface area contributed by atoms with Gasteiger partial charge in [-0.15, -0.1) is 10.2 Å². The van der Waals surface area contributed by atoms with Crippen LogP contribution < -0.4 is 10.2 Å². The van der Waals surface area contributed by atoms with Gasteiger partial charge in [0, 0.05) is 30.4 Å². The summed E-state index contributed by atoms with van der Waals surface area (Å²) >= 11 is 1.61. The number of aromatic nitrogens is 2. The van der Waals surface area contributed by atoms with Crippen molar-refractivity contribution in [1.29, 1.82) is 0 Å². The van der Waals surface area contributed by atoms with Gasteiger partial charge in [-0.1, -0.05) is 67.2 Å². The molecular formula is C25H28N4OS. The van der Waals surface area contributed by atoms with Gasteiger partial charge in [-0.3, -0.25) is 4.79 Å². The van der Waals surface area contributed by atoms with Crippen LogP contribution in [0.3, 0.4) is 0 Å². The highest BCUT2D eigenvalue weighted by atomic mass is 32.2. The first-order valence-electron chi connectivity index (χ1n) is 10.8. The number of nitrogens with zero attached hydrogens (tertiary/aromatic N) is 3. The molecule has 31 heavy (non-hydrogen) atoms. The summed E-state index contributed by atoms with van der Waals surface area (Å²) in [5.74, 6) is 1.44. The summed E-state index contributed by atoms with van der Waals surface area (Å²) in [7, 11) is 0. The van der Waals surface area contributed by atoms with Crippen molar-refractivity contribution in [3.63, 3.8) is 0 Å². The van der Waals surface area contributed by atoms with Crippen molar-refractivity contribution in [3.8, 4) is 0 Å². The van der Waals surface area contributed by atoms with Gasteiger partial charge in [0.05, 0.1) is 0 Å². The van der Waals surface area contributed by atoms with Crippen LogP contribution in [-0.2, 0) is 4.79 Å². The van der Waals surface area contributed by atoms with E-state index in [2.05, 4.69) is 51.6 Å². The van der Waals surface area contributed by atoms with E-state index >= 15 is 0 Å². The summed E-state index contributed by atoms with van der Waals surface area (Å²) in [6, 6.07) is 24.5. The van der Waals surface area contributed by atoms with Crippen LogP contribution in [-0.4, -0.2) is 35.7 Å². The van der Waals surface area contributed by atoms with E-state index in [4.69, 9.17) is 0 Å². The van der Waals surface area contributed by atoms with Crippen LogP contribution in [0.1, 0.15) is 31.2 Å². The summed E-state index contributed by atoms with van der Waals surface area (Å²) < 4.78 is 0. The number of piperidine rings is 1. The maximum absolute atomic E-state index is 12.6. The average Bonchev–Trinajstić information content (AvgIpc) is 2.84. The summed E-state index contributed by atoms with van der Waals surface area (Å²) in [6.45, 7) is 4.48. The van der Waals surface area contributed by atoms with Crippen LogP contribution in [0.2, 0.25) is 0 Å². The Kier molecular flexibility index (Phi) is 7.20. The zero-order valence-electron chi connectivity index (χ0n) is 17.8. The van der Waals surface area contributed by atoms with Gasteiger partial charge >= 0.3 is 0 Å². The zero-order chi connectivity index (χ0) is 21.5. The first kappa shape index (κ1) is 21.4. The highest BCUT2D eigenvalue weighted by Crippen LogP contribution is 2.27. The Morgan fingerprint density at radius 2 is 1.68 bits per heavy atom. The van der Waals surface area contributed by atoms with E-state index in [-0.39, 0.29) is 11.8 Å². The summed E-state index contributed by atoms with van der Waals surface area (Å²) in [4.78, 5) is 16.0. The molecule has 6 heteroatoms. The van der Waals surface area contributed by atoms with Crippen LogP contribution in [0, 0.1) is 5.92 Å². The van der Waals surface area contributed by atoms with E-state index in [9.17, 15) is 4.79 Å². The molecule has 1 unspecified atom stereocenters. The largest absolute Gasteiger partial charge is 0.355 e. The van der Waals surface area contributed by atoms with E-state index in [1.165, 1.54) is 5.56 Å². The number of hydrogen-bond acceptors (Lipinski definition) is 5. The van der Waals surface area contributed by atoms with Crippen LogP contribution in [0.25, 0.3) is 0 Å². The third-order valence-corrected chi connectivity index (χ3v) is 6.67. The highest BCUT2D eigenvalue weighted by molar-refractivity contribution is 7.99. The second kappa shape index (κ2) is 10.4. The first-order valence-corrected chi connectivity index (χ1v) is 11.6. The van der Waals surface area contributed by atoms with Gasteiger partial charge in [0.25, 0.3) is 0 Å². The Hall–Kier alpha value is -2.86. The minimum atomic E-state index is 0.0695. The number of carbonyl (C=O) groups is 1. The third kappa shape index (κ3) is 5.85. The lowest BCUT2D eigenvalue weighted by molar-refractivity contribution is -0.125. The monoisotopic (exact) mass is 432 g/mol. The van der Waals surface area contributed by atoms with Gasteiger partial charge in [0.2, 0.25) is 5.91 Å². The Bertz CT molecular complexity index is 958. The second-order valence-corrected chi connectivity index (χ2v) is 9.06. The molecule has 5 nitrogen and oxygen atoms in total. The molecule has 3 aromatic rings. The van der Waals surface area contributed by atoms with Gasteiger partial charge in [0.1, 0.15) is 5.03 Å². The molecule has 1 aliphatic rings. The maximum atomic E-state index is 12.6. The fraction of sp³-hybridized carbons (Fsp3) is 0.320. The first-order chi connectivity index (χ1) is 15.2. The molecule has 0 radical (unpaired) electrons. The quantitative estimate of drug-likeness (QED) is 0.583. The Balaban J connectivity index is 1.24. The zero-order valence-corrected chi connectivity index (χ0v) is 18.6. The van der Waals surface area contributed by atoms with Crippen molar-refractivity contribution in [2.45, 2.75) is 35.6 Å². The molecule has 0 saturated carbocycles. The van der Waals surface area contributed by atoms with Gasteiger partial charge in [-0.2, -0.15) is 0 Å². The molecular weight excluding hydrogens is 404 g/mol. The van der Waals surface area contributed by atoms with Gasteiger partial charge in [-0.05, 0) is 48.6 Å². The molecule has 0 aliphatic carbocycles. The summed E-state index contributed by atoms with van der Waals surface area (Å²) in [5.41, 5.74) is 1.25. The van der Waals surface area contributed by atoms with Gasteiger partial charge in [-0.25, -0.2) is 0 Å². The number of anilines is 1. The fourth-order valence-electron chi connectivity index (χ4n) is 3.81. The molecule has 0 bridgehead atoms. The van der Waals surface area contributed by atoms with Crippen molar-refractivity contribution >= 4 is 23.5 Å². The van der Waals surface area contributed by atoms with Crippen LogP contribution in [0.4, 0.5) is 5.82 Å². The van der Waals surface area contributed by atoms with E-state index in [0.29, 0.717) is 12.5 Å². The van der Waals surface area contributed by atoms with Gasteiger partial charge in [0.15, 0.2) is 5.82 Å². The molecule has 1 atom stereocenters. The summed E-state index contributed by atoms with van der Waals surface area (Å²) in [5, 5.41) is 12.8. The molecule has 4 rings (SSSR count). The number of rotatable bonds is 7. The molecule has 2 heterocycles. The van der Waals surface area contributed by atoms with Crippen molar-refractivity contribution in [2.24, 2.45) is 5.92 Å². The SMILES string of the molecule is CC(CNC(=O)C1CCN(c2ccc(Sc3ccccc3)nn2)CC1)c1ccccc1. The standard InChI is InChI=1S/C25H28N4OS/c1-19(20-8-4-2-5-9-20)18-26-25(30)21-14-16-29(17-15-21)23-12-13-24(28-27-23)31-22-10-6-3-7-11-22/h2-13,19,21H,14-18H2,1H3,(H,26,30). The number of amides is 1. The van der Waals surface area contributed by atoms with Crippen molar-refractivity contribution in [3.05, 3.63) is 78.4 Å².